The summed E-state index contributed by atoms with van der Waals surface area (Å²) in [6.45, 7) is 1.46. The number of amides is 2. The molecular weight excluding hydrogens is 452 g/mol. The lowest BCUT2D eigenvalue weighted by atomic mass is 9.86. The maximum Gasteiger partial charge on any atom is 0.229 e. The molecule has 0 radical (unpaired) electrons. The summed E-state index contributed by atoms with van der Waals surface area (Å²) < 4.78 is 5.71. The van der Waals surface area contributed by atoms with Gasteiger partial charge in [-0.05, 0) is 50.0 Å². The van der Waals surface area contributed by atoms with Crippen LogP contribution in [0.4, 0.5) is 0 Å². The zero-order valence-electron chi connectivity index (χ0n) is 21.4. The van der Waals surface area contributed by atoms with Crippen molar-refractivity contribution in [3.8, 4) is 0 Å². The fourth-order valence-electron chi connectivity index (χ4n) is 6.46. The Morgan fingerprint density at radius 3 is 2.61 bits per heavy atom. The Kier molecular flexibility index (Phi) is 8.34. The highest BCUT2D eigenvalue weighted by molar-refractivity contribution is 5.82. The first-order chi connectivity index (χ1) is 17.7. The number of carbonyl (C=O) groups excluding carboxylic acids is 2. The number of nitrogens with one attached hydrogen (secondary N) is 1. The summed E-state index contributed by atoms with van der Waals surface area (Å²) in [5.41, 5.74) is 1.14. The highest BCUT2D eigenvalue weighted by Crippen LogP contribution is 2.41. The van der Waals surface area contributed by atoms with Crippen molar-refractivity contribution in [3.63, 3.8) is 0 Å². The lowest BCUT2D eigenvalue weighted by molar-refractivity contribution is -0.137. The van der Waals surface area contributed by atoms with E-state index in [-0.39, 0.29) is 29.7 Å². The van der Waals surface area contributed by atoms with Gasteiger partial charge in [0.05, 0.1) is 5.92 Å². The van der Waals surface area contributed by atoms with E-state index in [1.807, 2.05) is 18.2 Å². The van der Waals surface area contributed by atoms with Crippen LogP contribution in [0, 0.1) is 11.8 Å². The molecule has 36 heavy (non-hydrogen) atoms. The first-order valence-corrected chi connectivity index (χ1v) is 14.1. The number of fused-ring (bicyclic) bond motifs is 1. The first-order valence-electron chi connectivity index (χ1n) is 14.1. The molecule has 194 valence electrons. The SMILES string of the molecule is O=C1NCCCCCCN(C(=O)CC2CCCCC2)C2CC(c3nc(Cc4ccccc4)no3)CC12. The number of benzene rings is 1. The second-order valence-electron chi connectivity index (χ2n) is 11.1. The molecule has 3 fully saturated rings. The van der Waals surface area contributed by atoms with Gasteiger partial charge in [-0.2, -0.15) is 4.98 Å². The van der Waals surface area contributed by atoms with Gasteiger partial charge in [-0.25, -0.2) is 0 Å². The van der Waals surface area contributed by atoms with E-state index < -0.39 is 0 Å². The van der Waals surface area contributed by atoms with Crippen molar-refractivity contribution in [2.24, 2.45) is 11.8 Å². The molecule has 5 rings (SSSR count). The molecule has 1 aromatic carbocycles. The van der Waals surface area contributed by atoms with Crippen molar-refractivity contribution in [1.29, 1.82) is 0 Å². The van der Waals surface area contributed by atoms with Crippen molar-refractivity contribution >= 4 is 11.8 Å². The fourth-order valence-corrected chi connectivity index (χ4v) is 6.46. The molecule has 0 bridgehead atoms. The Labute approximate surface area is 214 Å². The third-order valence-electron chi connectivity index (χ3n) is 8.44. The monoisotopic (exact) mass is 492 g/mol. The Bertz CT molecular complexity index is 1000. The molecule has 1 aliphatic heterocycles. The van der Waals surface area contributed by atoms with E-state index >= 15 is 0 Å². The van der Waals surface area contributed by atoms with Crippen molar-refractivity contribution in [2.45, 2.75) is 95.4 Å². The van der Waals surface area contributed by atoms with E-state index in [9.17, 15) is 9.59 Å². The third-order valence-corrected chi connectivity index (χ3v) is 8.44. The number of nitrogens with zero attached hydrogens (tertiary/aromatic N) is 3. The van der Waals surface area contributed by atoms with E-state index in [0.717, 1.165) is 50.6 Å². The minimum Gasteiger partial charge on any atom is -0.356 e. The van der Waals surface area contributed by atoms with Crippen LogP contribution in [0.2, 0.25) is 0 Å². The smallest absolute Gasteiger partial charge is 0.229 e. The second kappa shape index (κ2) is 12.0. The van der Waals surface area contributed by atoms with Gasteiger partial charge in [0.25, 0.3) is 0 Å². The van der Waals surface area contributed by atoms with Crippen LogP contribution in [-0.4, -0.2) is 46.0 Å². The van der Waals surface area contributed by atoms with Crippen molar-refractivity contribution in [3.05, 3.63) is 47.6 Å². The number of hydrogen-bond donors (Lipinski definition) is 1. The Balaban J connectivity index is 1.33. The van der Waals surface area contributed by atoms with Crippen LogP contribution in [0.1, 0.15) is 100 Å². The van der Waals surface area contributed by atoms with Gasteiger partial charge >= 0.3 is 0 Å². The van der Waals surface area contributed by atoms with Gasteiger partial charge in [-0.3, -0.25) is 9.59 Å². The van der Waals surface area contributed by atoms with Gasteiger partial charge in [0.15, 0.2) is 5.82 Å². The van der Waals surface area contributed by atoms with Crippen LogP contribution < -0.4 is 5.32 Å². The van der Waals surface area contributed by atoms with Gasteiger partial charge in [-0.1, -0.05) is 67.6 Å². The molecule has 3 aliphatic rings. The van der Waals surface area contributed by atoms with E-state index in [1.165, 1.54) is 19.3 Å². The Hall–Kier alpha value is -2.70. The van der Waals surface area contributed by atoms with Crippen molar-refractivity contribution in [1.82, 2.24) is 20.4 Å². The zero-order chi connectivity index (χ0) is 24.7. The second-order valence-corrected chi connectivity index (χ2v) is 11.1. The molecule has 2 amide bonds. The van der Waals surface area contributed by atoms with Crippen molar-refractivity contribution in [2.75, 3.05) is 13.1 Å². The molecule has 0 spiro atoms. The lowest BCUT2D eigenvalue weighted by Gasteiger charge is -2.34. The quantitative estimate of drug-likeness (QED) is 0.634. The molecule has 7 heteroatoms. The standard InChI is InChI=1S/C29H40N4O3/c34-27(18-22-13-7-4-8-14-22)33-16-10-2-1-9-15-30-28(35)24-19-23(20-25(24)33)29-31-26(32-36-29)17-21-11-5-3-6-12-21/h3,5-6,11-12,22-25H,1-2,4,7-10,13-20H2,(H,30,35). The number of hydrogen-bond acceptors (Lipinski definition) is 5. The van der Waals surface area contributed by atoms with Gasteiger partial charge < -0.3 is 14.7 Å². The number of carbonyl (C=O) groups is 2. The average molecular weight is 493 g/mol. The van der Waals surface area contributed by atoms with Crippen molar-refractivity contribution < 1.29 is 14.1 Å². The van der Waals surface area contributed by atoms with E-state index in [2.05, 4.69) is 27.5 Å². The predicted octanol–water partition coefficient (Wildman–Crippen LogP) is 5.01. The van der Waals surface area contributed by atoms with Gasteiger partial charge in [0.1, 0.15) is 0 Å². The topological polar surface area (TPSA) is 88.3 Å². The lowest BCUT2D eigenvalue weighted by Crippen LogP contribution is -2.47. The highest BCUT2D eigenvalue weighted by atomic mass is 16.5. The number of rotatable bonds is 5. The minimum absolute atomic E-state index is 0.00399. The fraction of sp³-hybridized carbons (Fsp3) is 0.655. The molecule has 1 saturated heterocycles. The van der Waals surface area contributed by atoms with Gasteiger partial charge in [0, 0.05) is 37.9 Å². The molecule has 2 aromatic rings. The molecule has 3 unspecified atom stereocenters. The zero-order valence-corrected chi connectivity index (χ0v) is 21.4. The largest absolute Gasteiger partial charge is 0.356 e. The Morgan fingerprint density at radius 2 is 1.78 bits per heavy atom. The van der Waals surface area contributed by atoms with Gasteiger partial charge in [-0.15, -0.1) is 0 Å². The minimum atomic E-state index is -0.229. The van der Waals surface area contributed by atoms with E-state index in [1.54, 1.807) is 0 Å². The summed E-state index contributed by atoms with van der Waals surface area (Å²) in [6, 6.07) is 10.0. The average Bonchev–Trinajstić information content (AvgIpc) is 3.53. The summed E-state index contributed by atoms with van der Waals surface area (Å²) in [7, 11) is 0. The summed E-state index contributed by atoms with van der Waals surface area (Å²) in [5.74, 6) is 1.84. The van der Waals surface area contributed by atoms with E-state index in [4.69, 9.17) is 9.51 Å². The maximum atomic E-state index is 13.7. The molecule has 1 N–H and O–H groups in total. The van der Waals surface area contributed by atoms with Crippen LogP contribution in [0.15, 0.2) is 34.9 Å². The maximum absolute atomic E-state index is 13.7. The number of aromatic nitrogens is 2. The van der Waals surface area contributed by atoms with Crippen LogP contribution in [0.5, 0.6) is 0 Å². The Morgan fingerprint density at radius 1 is 1.00 bits per heavy atom. The first kappa shape index (κ1) is 25.0. The molecule has 2 saturated carbocycles. The molecule has 7 nitrogen and oxygen atoms in total. The predicted molar refractivity (Wildman–Crippen MR) is 137 cm³/mol. The normalized spacial score (nSPS) is 26.2. The summed E-state index contributed by atoms with van der Waals surface area (Å²) in [6.07, 6.45) is 12.9. The summed E-state index contributed by atoms with van der Waals surface area (Å²) >= 11 is 0. The molecule has 1 aromatic heterocycles. The van der Waals surface area contributed by atoms with Crippen LogP contribution in [-0.2, 0) is 16.0 Å². The van der Waals surface area contributed by atoms with Crippen LogP contribution >= 0.6 is 0 Å². The van der Waals surface area contributed by atoms with Crippen LogP contribution in [0.25, 0.3) is 0 Å². The van der Waals surface area contributed by atoms with E-state index in [0.29, 0.717) is 49.9 Å². The molecule has 3 atom stereocenters. The summed E-state index contributed by atoms with van der Waals surface area (Å²) in [5, 5.41) is 7.39. The molecular formula is C29H40N4O3. The summed E-state index contributed by atoms with van der Waals surface area (Å²) in [4.78, 5) is 33.7. The van der Waals surface area contributed by atoms with Gasteiger partial charge in [0.2, 0.25) is 17.7 Å². The van der Waals surface area contributed by atoms with Crippen LogP contribution in [0.3, 0.4) is 0 Å². The molecule has 2 heterocycles. The molecule has 2 aliphatic carbocycles. The highest BCUT2D eigenvalue weighted by Gasteiger charge is 2.45. The third kappa shape index (κ3) is 6.16.